The molecule has 0 aliphatic heterocycles. The Labute approximate surface area is 153 Å². The summed E-state index contributed by atoms with van der Waals surface area (Å²) in [6.45, 7) is 0.392. The van der Waals surface area contributed by atoms with Crippen molar-refractivity contribution in [2.75, 3.05) is 0 Å². The molecule has 0 spiro atoms. The molecule has 0 N–H and O–H groups in total. The number of aromatic nitrogens is 1. The molecule has 0 saturated heterocycles. The summed E-state index contributed by atoms with van der Waals surface area (Å²) in [4.78, 5) is 9.44. The molecule has 1 aromatic heterocycles. The maximum atomic E-state index is 12.9. The Morgan fingerprint density at radius 3 is 2.44 bits per heavy atom. The van der Waals surface area contributed by atoms with Crippen LogP contribution in [0, 0.1) is 5.82 Å². The molecule has 3 aromatic rings. The van der Waals surface area contributed by atoms with Crippen LogP contribution in [-0.2, 0) is 11.4 Å². The van der Waals surface area contributed by atoms with Gasteiger partial charge in [-0.25, -0.2) is 9.37 Å². The summed E-state index contributed by atoms with van der Waals surface area (Å²) < 4.78 is 19.4. The van der Waals surface area contributed by atoms with Gasteiger partial charge in [-0.1, -0.05) is 33.2 Å². The van der Waals surface area contributed by atoms with E-state index in [0.717, 1.165) is 15.6 Å². The average Bonchev–Trinajstić information content (AvgIpc) is 2.63. The average molecular weight is 401 g/mol. The minimum absolute atomic E-state index is 0.310. The number of pyridine rings is 1. The molecule has 1 heterocycles. The van der Waals surface area contributed by atoms with Gasteiger partial charge in [-0.05, 0) is 48.0 Å². The van der Waals surface area contributed by atoms with Gasteiger partial charge in [0.15, 0.2) is 0 Å². The van der Waals surface area contributed by atoms with Crippen molar-refractivity contribution in [3.63, 3.8) is 0 Å². The van der Waals surface area contributed by atoms with Gasteiger partial charge in [-0.15, -0.1) is 0 Å². The van der Waals surface area contributed by atoms with E-state index in [1.165, 1.54) is 12.1 Å². The summed E-state index contributed by atoms with van der Waals surface area (Å²) in [5.74, 6) is 0.627. The van der Waals surface area contributed by atoms with Crippen molar-refractivity contribution < 1.29 is 14.0 Å². The molecule has 0 aliphatic rings. The van der Waals surface area contributed by atoms with Crippen LogP contribution in [-0.4, -0.2) is 11.2 Å². The molecule has 126 valence electrons. The standard InChI is InChI=1S/C19H14BrFN2O2/c20-16-4-1-14(2-5-16)13-24-23-12-15-3-10-19(22-11-15)25-18-8-6-17(21)7-9-18/h1-12H,13H2/b23-12+. The van der Waals surface area contributed by atoms with Crippen LogP contribution in [0.25, 0.3) is 0 Å². The highest BCUT2D eigenvalue weighted by molar-refractivity contribution is 9.10. The zero-order chi connectivity index (χ0) is 17.5. The zero-order valence-corrected chi connectivity index (χ0v) is 14.7. The fourth-order valence-corrected chi connectivity index (χ4v) is 2.21. The van der Waals surface area contributed by atoms with E-state index in [-0.39, 0.29) is 5.82 Å². The number of oxime groups is 1. The Morgan fingerprint density at radius 1 is 1.00 bits per heavy atom. The summed E-state index contributed by atoms with van der Waals surface area (Å²) in [7, 11) is 0. The van der Waals surface area contributed by atoms with E-state index in [1.807, 2.05) is 24.3 Å². The molecule has 0 bridgehead atoms. The second-order valence-corrected chi connectivity index (χ2v) is 6.04. The molecule has 0 radical (unpaired) electrons. The Hall–Kier alpha value is -2.73. The smallest absolute Gasteiger partial charge is 0.219 e. The molecule has 0 unspecified atom stereocenters. The van der Waals surface area contributed by atoms with Gasteiger partial charge in [0.2, 0.25) is 5.88 Å². The largest absolute Gasteiger partial charge is 0.439 e. The van der Waals surface area contributed by atoms with Gasteiger partial charge >= 0.3 is 0 Å². The van der Waals surface area contributed by atoms with E-state index < -0.39 is 0 Å². The summed E-state index contributed by atoms with van der Waals surface area (Å²) in [5, 5.41) is 3.92. The summed E-state index contributed by atoms with van der Waals surface area (Å²) in [6.07, 6.45) is 3.19. The van der Waals surface area contributed by atoms with Crippen molar-refractivity contribution in [3.8, 4) is 11.6 Å². The highest BCUT2D eigenvalue weighted by Gasteiger charge is 1.99. The monoisotopic (exact) mass is 400 g/mol. The van der Waals surface area contributed by atoms with Crippen LogP contribution in [0.4, 0.5) is 4.39 Å². The van der Waals surface area contributed by atoms with E-state index in [0.29, 0.717) is 18.2 Å². The predicted molar refractivity (Wildman–Crippen MR) is 97.2 cm³/mol. The lowest BCUT2D eigenvalue weighted by atomic mass is 10.2. The summed E-state index contributed by atoms with van der Waals surface area (Å²) in [5.41, 5.74) is 1.81. The van der Waals surface area contributed by atoms with E-state index in [9.17, 15) is 4.39 Å². The van der Waals surface area contributed by atoms with Crippen molar-refractivity contribution >= 4 is 22.1 Å². The highest BCUT2D eigenvalue weighted by atomic mass is 79.9. The van der Waals surface area contributed by atoms with Gasteiger partial charge < -0.3 is 9.57 Å². The van der Waals surface area contributed by atoms with Crippen LogP contribution in [0.2, 0.25) is 0 Å². The van der Waals surface area contributed by atoms with Gasteiger partial charge in [-0.3, -0.25) is 0 Å². The molecule has 4 nitrogen and oxygen atoms in total. The van der Waals surface area contributed by atoms with E-state index in [2.05, 4.69) is 26.1 Å². The third kappa shape index (κ3) is 5.39. The quantitative estimate of drug-likeness (QED) is 0.415. The van der Waals surface area contributed by atoms with Gasteiger partial charge in [0.1, 0.15) is 18.2 Å². The van der Waals surface area contributed by atoms with Crippen molar-refractivity contribution in [2.24, 2.45) is 5.16 Å². The Morgan fingerprint density at radius 2 is 1.76 bits per heavy atom. The lowest BCUT2D eigenvalue weighted by Crippen LogP contribution is -1.91. The van der Waals surface area contributed by atoms with Crippen LogP contribution in [0.5, 0.6) is 11.6 Å². The van der Waals surface area contributed by atoms with Crippen LogP contribution in [0.15, 0.2) is 76.5 Å². The number of hydrogen-bond acceptors (Lipinski definition) is 4. The third-order valence-corrected chi connectivity index (χ3v) is 3.74. The molecule has 2 aromatic carbocycles. The number of halogens is 2. The normalized spacial score (nSPS) is 10.8. The summed E-state index contributed by atoms with van der Waals surface area (Å²) >= 11 is 3.38. The molecule has 25 heavy (non-hydrogen) atoms. The fourth-order valence-electron chi connectivity index (χ4n) is 1.94. The van der Waals surface area contributed by atoms with Crippen molar-refractivity contribution in [1.29, 1.82) is 0 Å². The Kier molecular flexibility index (Phi) is 5.74. The first-order valence-corrected chi connectivity index (χ1v) is 8.27. The minimum atomic E-state index is -0.310. The number of nitrogens with zero attached hydrogens (tertiary/aromatic N) is 2. The van der Waals surface area contributed by atoms with Crippen molar-refractivity contribution in [2.45, 2.75) is 6.61 Å². The van der Waals surface area contributed by atoms with E-state index >= 15 is 0 Å². The van der Waals surface area contributed by atoms with Crippen molar-refractivity contribution in [3.05, 3.63) is 88.3 Å². The van der Waals surface area contributed by atoms with Gasteiger partial charge in [-0.2, -0.15) is 0 Å². The van der Waals surface area contributed by atoms with Crippen LogP contribution in [0.1, 0.15) is 11.1 Å². The first-order valence-electron chi connectivity index (χ1n) is 7.48. The fraction of sp³-hybridized carbons (Fsp3) is 0.0526. The molecule has 0 atom stereocenters. The third-order valence-electron chi connectivity index (χ3n) is 3.22. The number of benzene rings is 2. The first kappa shape index (κ1) is 17.1. The lowest BCUT2D eigenvalue weighted by molar-refractivity contribution is 0.132. The van der Waals surface area contributed by atoms with Gasteiger partial charge in [0, 0.05) is 22.3 Å². The highest BCUT2D eigenvalue weighted by Crippen LogP contribution is 2.19. The molecule has 0 saturated carbocycles. The SMILES string of the molecule is Fc1ccc(Oc2ccc(/C=N/OCc3ccc(Br)cc3)cn2)cc1. The second-order valence-electron chi connectivity index (χ2n) is 5.12. The zero-order valence-electron chi connectivity index (χ0n) is 13.1. The predicted octanol–water partition coefficient (Wildman–Crippen LogP) is 5.33. The van der Waals surface area contributed by atoms with Crippen LogP contribution < -0.4 is 4.74 Å². The van der Waals surface area contributed by atoms with Crippen LogP contribution in [0.3, 0.4) is 0 Å². The first-order chi connectivity index (χ1) is 12.2. The Balaban J connectivity index is 1.51. The second kappa shape index (κ2) is 8.39. The molecule has 0 aliphatic carbocycles. The molecular weight excluding hydrogens is 387 g/mol. The number of ether oxygens (including phenoxy) is 1. The number of hydrogen-bond donors (Lipinski definition) is 0. The van der Waals surface area contributed by atoms with Gasteiger partial charge in [0.25, 0.3) is 0 Å². The maximum Gasteiger partial charge on any atom is 0.219 e. The molecule has 3 rings (SSSR count). The molecular formula is C19H14BrFN2O2. The lowest BCUT2D eigenvalue weighted by Gasteiger charge is -2.04. The van der Waals surface area contributed by atoms with Crippen molar-refractivity contribution in [1.82, 2.24) is 4.98 Å². The topological polar surface area (TPSA) is 43.7 Å². The number of rotatable bonds is 6. The Bertz CT molecular complexity index is 835. The van der Waals surface area contributed by atoms with E-state index in [1.54, 1.807) is 36.7 Å². The van der Waals surface area contributed by atoms with Gasteiger partial charge in [0.05, 0.1) is 6.21 Å². The van der Waals surface area contributed by atoms with Crippen LogP contribution >= 0.6 is 15.9 Å². The molecule has 0 amide bonds. The summed E-state index contributed by atoms with van der Waals surface area (Å²) in [6, 6.07) is 17.1. The van der Waals surface area contributed by atoms with E-state index in [4.69, 9.17) is 9.57 Å². The maximum absolute atomic E-state index is 12.9. The molecule has 6 heteroatoms. The minimum Gasteiger partial charge on any atom is -0.439 e. The molecule has 0 fully saturated rings.